The van der Waals surface area contributed by atoms with E-state index in [0.29, 0.717) is 5.92 Å². The van der Waals surface area contributed by atoms with E-state index in [1.165, 1.54) is 11.1 Å². The largest absolute Gasteiger partial charge is 0.125 e. The third kappa shape index (κ3) is 1.34. The third-order valence-corrected chi connectivity index (χ3v) is 3.23. The van der Waals surface area contributed by atoms with Crippen LogP contribution in [0.4, 0.5) is 0 Å². The predicted octanol–water partition coefficient (Wildman–Crippen LogP) is 3.66. The second kappa shape index (κ2) is 2.65. The van der Waals surface area contributed by atoms with Gasteiger partial charge in [0.15, 0.2) is 0 Å². The number of hydrogen-bond donors (Lipinski definition) is 0. The van der Waals surface area contributed by atoms with Crippen molar-refractivity contribution in [2.45, 2.75) is 23.6 Å². The average molecular weight is 201 g/mol. The molecule has 0 spiro atoms. The zero-order chi connectivity index (χ0) is 8.77. The Morgan fingerprint density at radius 1 is 1.33 bits per heavy atom. The van der Waals surface area contributed by atoms with Crippen LogP contribution in [0, 0.1) is 6.92 Å². The maximum Gasteiger partial charge on any atom is 0.125 e. The fourth-order valence-electron chi connectivity index (χ4n) is 1.53. The molecule has 0 bridgehead atoms. The van der Waals surface area contributed by atoms with Gasteiger partial charge < -0.3 is 0 Å². The summed E-state index contributed by atoms with van der Waals surface area (Å²) in [6, 6.07) is 8.26. The van der Waals surface area contributed by atoms with Gasteiger partial charge in [0, 0.05) is 5.92 Å². The number of halogens is 2. The van der Waals surface area contributed by atoms with Crippen LogP contribution in [0.1, 0.15) is 23.5 Å². The first-order valence-electron chi connectivity index (χ1n) is 4.04. The summed E-state index contributed by atoms with van der Waals surface area (Å²) in [6.45, 7) is 2.09. The summed E-state index contributed by atoms with van der Waals surface area (Å²) in [7, 11) is 0. The van der Waals surface area contributed by atoms with Crippen molar-refractivity contribution in [2.24, 2.45) is 0 Å². The Kier molecular flexibility index (Phi) is 1.85. The number of alkyl halides is 2. The number of benzene rings is 1. The second-order valence-corrected chi connectivity index (χ2v) is 4.92. The van der Waals surface area contributed by atoms with E-state index in [2.05, 4.69) is 19.1 Å². The van der Waals surface area contributed by atoms with Crippen LogP contribution in [0.2, 0.25) is 0 Å². The topological polar surface area (TPSA) is 0 Å². The standard InChI is InChI=1S/C10H10Cl2/c1-7-4-2-3-5-8(7)9-6-10(9,11)12/h2-5,9H,6H2,1H3. The van der Waals surface area contributed by atoms with Gasteiger partial charge in [-0.15, -0.1) is 23.2 Å². The lowest BCUT2D eigenvalue weighted by Crippen LogP contribution is -1.92. The summed E-state index contributed by atoms with van der Waals surface area (Å²) < 4.78 is -0.494. The number of aryl methyl sites for hydroxylation is 1. The Morgan fingerprint density at radius 2 is 1.92 bits per heavy atom. The molecule has 1 fully saturated rings. The monoisotopic (exact) mass is 200 g/mol. The first-order chi connectivity index (χ1) is 5.61. The van der Waals surface area contributed by atoms with Crippen molar-refractivity contribution in [1.82, 2.24) is 0 Å². The molecule has 0 saturated heterocycles. The first kappa shape index (κ1) is 8.40. The molecular formula is C10H10Cl2. The summed E-state index contributed by atoms with van der Waals surface area (Å²) in [5, 5.41) is 0. The van der Waals surface area contributed by atoms with Gasteiger partial charge in [-0.1, -0.05) is 24.3 Å². The molecular weight excluding hydrogens is 191 g/mol. The molecule has 0 radical (unpaired) electrons. The Hall–Kier alpha value is -0.200. The molecule has 0 aliphatic heterocycles. The second-order valence-electron chi connectivity index (χ2n) is 3.37. The fraction of sp³-hybridized carbons (Fsp3) is 0.400. The van der Waals surface area contributed by atoms with Crippen molar-refractivity contribution in [1.29, 1.82) is 0 Å². The van der Waals surface area contributed by atoms with E-state index in [1.54, 1.807) is 0 Å². The van der Waals surface area contributed by atoms with Gasteiger partial charge in [-0.3, -0.25) is 0 Å². The van der Waals surface area contributed by atoms with E-state index in [1.807, 2.05) is 12.1 Å². The molecule has 1 unspecified atom stereocenters. The molecule has 1 atom stereocenters. The Balaban J connectivity index is 2.31. The molecule has 0 nitrogen and oxygen atoms in total. The molecule has 0 aromatic heterocycles. The van der Waals surface area contributed by atoms with Crippen LogP contribution in [-0.2, 0) is 0 Å². The quantitative estimate of drug-likeness (QED) is 0.608. The predicted molar refractivity (Wildman–Crippen MR) is 53.0 cm³/mol. The third-order valence-electron chi connectivity index (χ3n) is 2.39. The summed E-state index contributed by atoms with van der Waals surface area (Å²) in [4.78, 5) is 0. The van der Waals surface area contributed by atoms with Gasteiger partial charge in [-0.25, -0.2) is 0 Å². The molecule has 1 saturated carbocycles. The van der Waals surface area contributed by atoms with Gasteiger partial charge in [0.1, 0.15) is 4.33 Å². The summed E-state index contributed by atoms with van der Waals surface area (Å²) >= 11 is 12.0. The van der Waals surface area contributed by atoms with Crippen LogP contribution in [0.25, 0.3) is 0 Å². The van der Waals surface area contributed by atoms with Gasteiger partial charge in [-0.2, -0.15) is 0 Å². The molecule has 2 rings (SSSR count). The smallest absolute Gasteiger partial charge is 0.101 e. The van der Waals surface area contributed by atoms with E-state index >= 15 is 0 Å². The number of rotatable bonds is 1. The van der Waals surface area contributed by atoms with Crippen LogP contribution in [-0.4, -0.2) is 4.33 Å². The van der Waals surface area contributed by atoms with Crippen LogP contribution >= 0.6 is 23.2 Å². The lowest BCUT2D eigenvalue weighted by Gasteiger charge is -2.03. The summed E-state index contributed by atoms with van der Waals surface area (Å²) in [5.74, 6) is 0.349. The minimum absolute atomic E-state index is 0.349. The van der Waals surface area contributed by atoms with Crippen LogP contribution in [0.5, 0.6) is 0 Å². The van der Waals surface area contributed by atoms with Crippen molar-refractivity contribution < 1.29 is 0 Å². The van der Waals surface area contributed by atoms with Gasteiger partial charge in [0.05, 0.1) is 0 Å². The van der Waals surface area contributed by atoms with Crippen molar-refractivity contribution in [3.05, 3.63) is 35.4 Å². The molecule has 1 aliphatic carbocycles. The van der Waals surface area contributed by atoms with E-state index < -0.39 is 4.33 Å². The highest BCUT2D eigenvalue weighted by Crippen LogP contribution is 2.59. The highest BCUT2D eigenvalue weighted by molar-refractivity contribution is 6.51. The highest BCUT2D eigenvalue weighted by Gasteiger charge is 2.52. The van der Waals surface area contributed by atoms with E-state index in [-0.39, 0.29) is 0 Å². The molecule has 64 valence electrons. The minimum Gasteiger partial charge on any atom is -0.101 e. The maximum absolute atomic E-state index is 5.98. The Morgan fingerprint density at radius 3 is 2.42 bits per heavy atom. The molecule has 0 heterocycles. The zero-order valence-electron chi connectivity index (χ0n) is 6.85. The van der Waals surface area contributed by atoms with E-state index in [9.17, 15) is 0 Å². The van der Waals surface area contributed by atoms with Crippen LogP contribution in [0.3, 0.4) is 0 Å². The molecule has 2 heteroatoms. The Bertz CT molecular complexity index is 304. The molecule has 0 amide bonds. The van der Waals surface area contributed by atoms with Crippen molar-refractivity contribution in [3.8, 4) is 0 Å². The van der Waals surface area contributed by atoms with Gasteiger partial charge >= 0.3 is 0 Å². The lowest BCUT2D eigenvalue weighted by atomic mass is 10.1. The molecule has 1 aliphatic rings. The normalized spacial score (nSPS) is 25.4. The van der Waals surface area contributed by atoms with Crippen molar-refractivity contribution >= 4 is 23.2 Å². The molecule has 12 heavy (non-hydrogen) atoms. The van der Waals surface area contributed by atoms with Gasteiger partial charge in [0.2, 0.25) is 0 Å². The van der Waals surface area contributed by atoms with E-state index in [4.69, 9.17) is 23.2 Å². The zero-order valence-corrected chi connectivity index (χ0v) is 8.36. The number of hydrogen-bond acceptors (Lipinski definition) is 0. The summed E-state index contributed by atoms with van der Waals surface area (Å²) in [6.07, 6.45) is 0.890. The highest BCUT2D eigenvalue weighted by atomic mass is 35.5. The van der Waals surface area contributed by atoms with Gasteiger partial charge in [-0.05, 0) is 24.5 Å². The minimum atomic E-state index is -0.494. The van der Waals surface area contributed by atoms with Gasteiger partial charge in [0.25, 0.3) is 0 Å². The lowest BCUT2D eigenvalue weighted by molar-refractivity contribution is 1.08. The Labute approximate surface area is 82.5 Å². The average Bonchev–Trinajstić information content (AvgIpc) is 2.61. The molecule has 1 aromatic rings. The SMILES string of the molecule is Cc1ccccc1C1CC1(Cl)Cl. The first-order valence-corrected chi connectivity index (χ1v) is 4.80. The maximum atomic E-state index is 5.98. The van der Waals surface area contributed by atoms with Crippen molar-refractivity contribution in [3.63, 3.8) is 0 Å². The van der Waals surface area contributed by atoms with E-state index in [0.717, 1.165) is 6.42 Å². The summed E-state index contributed by atoms with van der Waals surface area (Å²) in [5.41, 5.74) is 2.58. The fourth-order valence-corrected chi connectivity index (χ4v) is 2.07. The molecule has 0 N–H and O–H groups in total. The van der Waals surface area contributed by atoms with Crippen molar-refractivity contribution in [2.75, 3.05) is 0 Å². The van der Waals surface area contributed by atoms with Crippen LogP contribution < -0.4 is 0 Å². The molecule has 1 aromatic carbocycles. The van der Waals surface area contributed by atoms with Crippen LogP contribution in [0.15, 0.2) is 24.3 Å².